The van der Waals surface area contributed by atoms with Crippen molar-refractivity contribution < 1.29 is 39.9 Å². The van der Waals surface area contributed by atoms with E-state index in [1.807, 2.05) is 0 Å². The minimum Gasteiger partial charge on any atom is -0.266 e. The molecule has 0 fully saturated rings. The van der Waals surface area contributed by atoms with E-state index in [1.54, 1.807) is 30.0 Å². The fraction of sp³-hybridized carbons (Fsp3) is 0.333. The standard InChI is InChI=1S/C27H25F4NO5S3/c1-3-4-5-6-7-8-14-39-18-13-12-17-19-15(18)10-9-11-16(19)26(33)32(27(17)34)37-40(35,36)25-22(30)20(28)24(38-2)21(29)23(25)31/h9-13H,3-8,14H2,1-2H3. The summed E-state index contributed by atoms with van der Waals surface area (Å²) >= 11 is 1.89. The lowest BCUT2D eigenvalue weighted by Crippen LogP contribution is -2.42. The number of carbonyl (C=O) groups excluding carboxylic acids is 2. The Bertz CT molecular complexity index is 1550. The second-order valence-electron chi connectivity index (χ2n) is 9.01. The molecule has 0 radical (unpaired) electrons. The zero-order chi connectivity index (χ0) is 29.2. The number of rotatable bonds is 12. The number of hydroxylamine groups is 2. The van der Waals surface area contributed by atoms with Gasteiger partial charge in [0.25, 0.3) is 11.8 Å². The topological polar surface area (TPSA) is 80.8 Å². The molecule has 1 aliphatic heterocycles. The lowest BCUT2D eigenvalue weighted by Gasteiger charge is -2.26. The molecule has 1 aliphatic rings. The quantitative estimate of drug-likeness (QED) is 0.0687. The summed E-state index contributed by atoms with van der Waals surface area (Å²) in [5.41, 5.74) is -0.166. The number of carbonyl (C=O) groups is 2. The smallest absolute Gasteiger partial charge is 0.266 e. The van der Waals surface area contributed by atoms with Crippen LogP contribution in [0.25, 0.3) is 10.8 Å². The number of amides is 2. The van der Waals surface area contributed by atoms with Crippen LogP contribution in [0.15, 0.2) is 45.0 Å². The number of halogens is 4. The fourth-order valence-corrected chi connectivity index (χ4v) is 7.05. The van der Waals surface area contributed by atoms with E-state index in [2.05, 4.69) is 11.2 Å². The van der Waals surface area contributed by atoms with Gasteiger partial charge in [0.05, 0.1) is 16.0 Å². The fourth-order valence-electron chi connectivity index (χ4n) is 4.43. The van der Waals surface area contributed by atoms with Crippen molar-refractivity contribution in [3.8, 4) is 0 Å². The van der Waals surface area contributed by atoms with Crippen molar-refractivity contribution in [1.29, 1.82) is 0 Å². The molecule has 6 nitrogen and oxygen atoms in total. The van der Waals surface area contributed by atoms with Gasteiger partial charge in [-0.1, -0.05) is 51.2 Å². The molecule has 1 heterocycles. The highest BCUT2D eigenvalue weighted by atomic mass is 32.2. The van der Waals surface area contributed by atoms with Crippen molar-refractivity contribution in [3.05, 3.63) is 64.7 Å². The third kappa shape index (κ3) is 5.61. The van der Waals surface area contributed by atoms with E-state index in [0.29, 0.717) is 17.1 Å². The Morgan fingerprint density at radius 2 is 1.43 bits per heavy atom. The maximum atomic E-state index is 14.6. The average Bonchev–Trinajstić information content (AvgIpc) is 2.93. The highest BCUT2D eigenvalue weighted by Gasteiger charge is 2.41. The minimum absolute atomic E-state index is 0.0830. The van der Waals surface area contributed by atoms with Crippen LogP contribution in [0, 0.1) is 23.3 Å². The third-order valence-corrected chi connectivity index (χ3v) is 9.53. The number of hydrogen-bond acceptors (Lipinski definition) is 7. The molecule has 13 heteroatoms. The Kier molecular flexibility index (Phi) is 9.48. The van der Waals surface area contributed by atoms with E-state index < -0.39 is 55.0 Å². The molecule has 0 saturated carbocycles. The van der Waals surface area contributed by atoms with Gasteiger partial charge >= 0.3 is 10.1 Å². The molecule has 0 aliphatic carbocycles. The largest absolute Gasteiger partial charge is 0.324 e. The minimum atomic E-state index is -5.72. The summed E-state index contributed by atoms with van der Waals surface area (Å²) in [5, 5.41) is 0.706. The Morgan fingerprint density at radius 1 is 0.825 bits per heavy atom. The summed E-state index contributed by atoms with van der Waals surface area (Å²) in [6.45, 7) is 2.15. The monoisotopic (exact) mass is 615 g/mol. The highest BCUT2D eigenvalue weighted by Crippen LogP contribution is 2.38. The summed E-state index contributed by atoms with van der Waals surface area (Å²) < 4.78 is 87.8. The van der Waals surface area contributed by atoms with Gasteiger partial charge < -0.3 is 0 Å². The van der Waals surface area contributed by atoms with Gasteiger partial charge in [-0.3, -0.25) is 9.59 Å². The molecule has 214 valence electrons. The van der Waals surface area contributed by atoms with Crippen LogP contribution in [0.1, 0.15) is 66.2 Å². The first-order valence-corrected chi connectivity index (χ1v) is 16.1. The van der Waals surface area contributed by atoms with E-state index in [0.717, 1.165) is 42.6 Å². The zero-order valence-electron chi connectivity index (χ0n) is 21.6. The predicted octanol–water partition coefficient (Wildman–Crippen LogP) is 7.49. The van der Waals surface area contributed by atoms with E-state index in [-0.39, 0.29) is 21.6 Å². The molecule has 0 unspecified atom stereocenters. The molecule has 4 rings (SSSR count). The molecule has 0 spiro atoms. The van der Waals surface area contributed by atoms with E-state index >= 15 is 0 Å². The first-order valence-electron chi connectivity index (χ1n) is 12.5. The predicted molar refractivity (Wildman–Crippen MR) is 145 cm³/mol. The Labute approximate surface area is 237 Å². The van der Waals surface area contributed by atoms with Crippen LogP contribution in [-0.4, -0.2) is 37.3 Å². The molecule has 0 aromatic heterocycles. The van der Waals surface area contributed by atoms with Crippen LogP contribution < -0.4 is 0 Å². The lowest BCUT2D eigenvalue weighted by atomic mass is 9.95. The lowest BCUT2D eigenvalue weighted by molar-refractivity contribution is -0.0159. The Morgan fingerprint density at radius 3 is 2.05 bits per heavy atom. The number of unbranched alkanes of at least 4 members (excludes halogenated alkanes) is 5. The summed E-state index contributed by atoms with van der Waals surface area (Å²) in [6, 6.07) is 7.68. The van der Waals surface area contributed by atoms with Crippen LogP contribution in [0.4, 0.5) is 17.6 Å². The SMILES string of the molecule is CCCCCCCCSc1ccc2c3c(cccc13)C(=O)N(OS(=O)(=O)c1c(F)c(F)c(SC)c(F)c1F)C2=O. The molecular formula is C27H25F4NO5S3. The first-order chi connectivity index (χ1) is 19.0. The average molecular weight is 616 g/mol. The Balaban J connectivity index is 1.63. The first kappa shape index (κ1) is 30.4. The van der Waals surface area contributed by atoms with Crippen molar-refractivity contribution >= 4 is 56.2 Å². The summed E-state index contributed by atoms with van der Waals surface area (Å²) in [6.07, 6.45) is 7.90. The molecule has 3 aromatic carbocycles. The summed E-state index contributed by atoms with van der Waals surface area (Å²) in [7, 11) is -5.72. The van der Waals surface area contributed by atoms with Gasteiger partial charge in [-0.05, 0) is 42.0 Å². The zero-order valence-corrected chi connectivity index (χ0v) is 24.0. The van der Waals surface area contributed by atoms with Crippen molar-refractivity contribution in [3.63, 3.8) is 0 Å². The Hall–Kier alpha value is -2.61. The van der Waals surface area contributed by atoms with Crippen LogP contribution in [0.3, 0.4) is 0 Å². The molecule has 0 bridgehead atoms. The van der Waals surface area contributed by atoms with Gasteiger partial charge in [-0.25, -0.2) is 17.6 Å². The van der Waals surface area contributed by atoms with E-state index in [4.69, 9.17) is 0 Å². The maximum absolute atomic E-state index is 14.6. The van der Waals surface area contributed by atoms with Crippen molar-refractivity contribution in [2.45, 2.75) is 60.1 Å². The molecular weight excluding hydrogens is 590 g/mol. The van der Waals surface area contributed by atoms with Crippen LogP contribution in [0.2, 0.25) is 0 Å². The molecule has 0 atom stereocenters. The number of benzene rings is 3. The van der Waals surface area contributed by atoms with Gasteiger partial charge in [0, 0.05) is 10.3 Å². The van der Waals surface area contributed by atoms with E-state index in [1.165, 1.54) is 25.0 Å². The summed E-state index contributed by atoms with van der Waals surface area (Å²) in [5.74, 6) is -10.00. The van der Waals surface area contributed by atoms with Gasteiger partial charge in [0.1, 0.15) is 0 Å². The second kappa shape index (κ2) is 12.5. The van der Waals surface area contributed by atoms with Gasteiger partial charge in [-0.2, -0.15) is 8.42 Å². The second-order valence-corrected chi connectivity index (χ2v) is 12.4. The number of nitrogens with zero attached hydrogens (tertiary/aromatic N) is 1. The third-order valence-electron chi connectivity index (χ3n) is 6.40. The summed E-state index contributed by atoms with van der Waals surface area (Å²) in [4.78, 5) is 24.0. The molecule has 40 heavy (non-hydrogen) atoms. The van der Waals surface area contributed by atoms with Crippen LogP contribution in [-0.2, 0) is 14.4 Å². The van der Waals surface area contributed by atoms with Crippen molar-refractivity contribution in [1.82, 2.24) is 5.06 Å². The molecule has 0 N–H and O–H groups in total. The van der Waals surface area contributed by atoms with Crippen molar-refractivity contribution in [2.24, 2.45) is 0 Å². The van der Waals surface area contributed by atoms with Gasteiger partial charge in [0.15, 0.2) is 28.2 Å². The van der Waals surface area contributed by atoms with Gasteiger partial charge in [0.2, 0.25) is 0 Å². The normalized spacial score (nSPS) is 13.5. The molecule has 0 saturated heterocycles. The van der Waals surface area contributed by atoms with Crippen LogP contribution in [0.5, 0.6) is 0 Å². The maximum Gasteiger partial charge on any atom is 0.324 e. The number of thioether (sulfide) groups is 2. The van der Waals surface area contributed by atoms with E-state index in [9.17, 15) is 35.6 Å². The van der Waals surface area contributed by atoms with Gasteiger partial charge in [-0.15, -0.1) is 32.9 Å². The molecule has 2 amide bonds. The highest BCUT2D eigenvalue weighted by molar-refractivity contribution is 7.99. The van der Waals surface area contributed by atoms with Crippen molar-refractivity contribution in [2.75, 3.05) is 12.0 Å². The molecule has 3 aromatic rings. The number of imide groups is 1. The number of hydrogen-bond donors (Lipinski definition) is 0. The van der Waals surface area contributed by atoms with Crippen LogP contribution >= 0.6 is 23.5 Å².